The fourth-order valence-corrected chi connectivity index (χ4v) is 2.68. The van der Waals surface area contributed by atoms with E-state index in [1.165, 1.54) is 22.1 Å². The second-order valence-electron chi connectivity index (χ2n) is 5.47. The van der Waals surface area contributed by atoms with Gasteiger partial charge in [-0.3, -0.25) is 4.98 Å². The summed E-state index contributed by atoms with van der Waals surface area (Å²) in [6, 6.07) is 19.2. The normalized spacial score (nSPS) is 11.0. The van der Waals surface area contributed by atoms with E-state index in [9.17, 15) is 0 Å². The minimum absolute atomic E-state index is 0.878. The molecule has 3 aromatic rings. The number of pyridine rings is 1. The summed E-state index contributed by atoms with van der Waals surface area (Å²) in [5.41, 5.74) is 6.19. The van der Waals surface area contributed by atoms with Crippen LogP contribution in [0, 0.1) is 6.92 Å². The summed E-state index contributed by atoms with van der Waals surface area (Å²) in [7, 11) is 1.98. The average Bonchev–Trinajstić information content (AvgIpc) is 2.50. The summed E-state index contributed by atoms with van der Waals surface area (Å²) >= 11 is 0. The summed E-state index contributed by atoms with van der Waals surface area (Å²) in [4.78, 5) is 4.78. The van der Waals surface area contributed by atoms with Gasteiger partial charge in [0.1, 0.15) is 0 Å². The monoisotopic (exact) mass is 276 g/mol. The largest absolute Gasteiger partial charge is 0.316 e. The predicted octanol–water partition coefficient (Wildman–Crippen LogP) is 3.85. The highest BCUT2D eigenvalue weighted by atomic mass is 14.8. The number of aromatic nitrogens is 1. The molecular weight excluding hydrogens is 256 g/mol. The third-order valence-corrected chi connectivity index (χ3v) is 3.76. The average molecular weight is 276 g/mol. The summed E-state index contributed by atoms with van der Waals surface area (Å²) in [5.74, 6) is 0. The van der Waals surface area contributed by atoms with Crippen molar-refractivity contribution in [1.29, 1.82) is 0 Å². The molecular formula is C19H20N2. The van der Waals surface area contributed by atoms with Gasteiger partial charge in [0.25, 0.3) is 0 Å². The van der Waals surface area contributed by atoms with E-state index in [-0.39, 0.29) is 0 Å². The molecule has 0 spiro atoms. The lowest BCUT2D eigenvalue weighted by Gasteiger charge is -2.11. The van der Waals surface area contributed by atoms with E-state index in [1.807, 2.05) is 13.1 Å². The Labute approximate surface area is 125 Å². The molecule has 0 atom stereocenters. The Bertz CT molecular complexity index is 762. The van der Waals surface area contributed by atoms with Crippen molar-refractivity contribution in [3.05, 3.63) is 77.0 Å². The number of hydrogen-bond acceptors (Lipinski definition) is 2. The van der Waals surface area contributed by atoms with Gasteiger partial charge in [-0.05, 0) is 37.2 Å². The number of rotatable bonds is 4. The Morgan fingerprint density at radius 1 is 0.952 bits per heavy atom. The Balaban J connectivity index is 1.95. The van der Waals surface area contributed by atoms with Gasteiger partial charge >= 0.3 is 0 Å². The van der Waals surface area contributed by atoms with Crippen molar-refractivity contribution in [3.63, 3.8) is 0 Å². The highest BCUT2D eigenvalue weighted by molar-refractivity contribution is 5.78. The molecule has 1 N–H and O–H groups in total. The topological polar surface area (TPSA) is 24.9 Å². The van der Waals surface area contributed by atoms with Crippen LogP contribution in [0.15, 0.2) is 54.6 Å². The third-order valence-electron chi connectivity index (χ3n) is 3.76. The highest BCUT2D eigenvalue weighted by Gasteiger charge is 2.05. The number of para-hydroxylation sites is 1. The fraction of sp³-hybridized carbons (Fsp3) is 0.211. The van der Waals surface area contributed by atoms with Crippen molar-refractivity contribution in [3.8, 4) is 0 Å². The van der Waals surface area contributed by atoms with Crippen LogP contribution in [-0.2, 0) is 13.0 Å². The van der Waals surface area contributed by atoms with Crippen molar-refractivity contribution >= 4 is 10.9 Å². The number of nitrogens with one attached hydrogen (secondary N) is 1. The summed E-state index contributed by atoms with van der Waals surface area (Å²) in [6.07, 6.45) is 0.878. The number of hydrogen-bond donors (Lipinski definition) is 1. The van der Waals surface area contributed by atoms with E-state index >= 15 is 0 Å². The first-order valence-electron chi connectivity index (χ1n) is 7.34. The molecule has 0 aliphatic heterocycles. The van der Waals surface area contributed by atoms with Crippen LogP contribution in [0.3, 0.4) is 0 Å². The Morgan fingerprint density at radius 3 is 2.67 bits per heavy atom. The van der Waals surface area contributed by atoms with Gasteiger partial charge in [-0.2, -0.15) is 0 Å². The molecule has 2 aromatic carbocycles. The number of fused-ring (bicyclic) bond motifs is 1. The lowest BCUT2D eigenvalue weighted by Crippen LogP contribution is -2.08. The third kappa shape index (κ3) is 3.11. The number of aryl methyl sites for hydroxylation is 1. The van der Waals surface area contributed by atoms with Crippen molar-refractivity contribution in [2.24, 2.45) is 0 Å². The summed E-state index contributed by atoms with van der Waals surface area (Å²) in [5, 5.41) is 4.43. The Morgan fingerprint density at radius 2 is 1.81 bits per heavy atom. The molecule has 0 bridgehead atoms. The first kappa shape index (κ1) is 13.8. The molecule has 0 aliphatic rings. The lowest BCUT2D eigenvalue weighted by atomic mass is 9.99. The van der Waals surface area contributed by atoms with Crippen LogP contribution in [-0.4, -0.2) is 12.0 Å². The number of benzene rings is 2. The quantitative estimate of drug-likeness (QED) is 0.783. The predicted molar refractivity (Wildman–Crippen MR) is 88.5 cm³/mol. The second-order valence-corrected chi connectivity index (χ2v) is 5.47. The molecule has 0 unspecified atom stereocenters. The molecule has 21 heavy (non-hydrogen) atoms. The van der Waals surface area contributed by atoms with Crippen molar-refractivity contribution in [2.75, 3.05) is 7.05 Å². The molecule has 0 saturated heterocycles. The first-order chi connectivity index (χ1) is 10.3. The van der Waals surface area contributed by atoms with Gasteiger partial charge in [0.15, 0.2) is 0 Å². The lowest BCUT2D eigenvalue weighted by molar-refractivity contribution is 0.806. The van der Waals surface area contributed by atoms with E-state index in [4.69, 9.17) is 4.98 Å². The van der Waals surface area contributed by atoms with Gasteiger partial charge in [0.05, 0.1) is 5.52 Å². The molecule has 106 valence electrons. The molecule has 2 nitrogen and oxygen atoms in total. The van der Waals surface area contributed by atoms with Gasteiger partial charge in [0.2, 0.25) is 0 Å². The van der Waals surface area contributed by atoms with Crippen LogP contribution in [0.2, 0.25) is 0 Å². The standard InChI is InChI=1S/C19H20N2/c1-14-7-8-16(13-20-2)17(11-14)12-18-10-9-15-5-3-4-6-19(15)21-18/h3-11,20H,12-13H2,1-2H3. The smallest absolute Gasteiger partial charge is 0.0705 e. The summed E-state index contributed by atoms with van der Waals surface area (Å²) in [6.45, 7) is 3.03. The zero-order valence-electron chi connectivity index (χ0n) is 12.6. The van der Waals surface area contributed by atoms with Crippen LogP contribution >= 0.6 is 0 Å². The SMILES string of the molecule is CNCc1ccc(C)cc1Cc1ccc2ccccc2n1. The maximum absolute atomic E-state index is 4.78. The van der Waals surface area contributed by atoms with Crippen LogP contribution in [0.1, 0.15) is 22.4 Å². The van der Waals surface area contributed by atoms with Crippen LogP contribution in [0.4, 0.5) is 0 Å². The molecule has 1 heterocycles. The summed E-state index contributed by atoms with van der Waals surface area (Å²) < 4.78 is 0. The van der Waals surface area contributed by atoms with E-state index in [0.29, 0.717) is 0 Å². The van der Waals surface area contributed by atoms with Crippen molar-refractivity contribution in [2.45, 2.75) is 19.9 Å². The van der Waals surface area contributed by atoms with Gasteiger partial charge < -0.3 is 5.32 Å². The molecule has 0 fully saturated rings. The van der Waals surface area contributed by atoms with Crippen LogP contribution in [0.25, 0.3) is 10.9 Å². The second kappa shape index (κ2) is 6.06. The maximum Gasteiger partial charge on any atom is 0.0705 e. The van der Waals surface area contributed by atoms with E-state index in [2.05, 4.69) is 60.8 Å². The molecule has 0 radical (unpaired) electrons. The van der Waals surface area contributed by atoms with Crippen LogP contribution < -0.4 is 5.32 Å². The molecule has 0 aliphatic carbocycles. The van der Waals surface area contributed by atoms with Gasteiger partial charge in [-0.15, -0.1) is 0 Å². The van der Waals surface area contributed by atoms with Gasteiger partial charge in [-0.1, -0.05) is 48.0 Å². The first-order valence-corrected chi connectivity index (χ1v) is 7.34. The molecule has 0 amide bonds. The Kier molecular flexibility index (Phi) is 3.98. The van der Waals surface area contributed by atoms with Crippen molar-refractivity contribution in [1.82, 2.24) is 10.3 Å². The van der Waals surface area contributed by atoms with Crippen molar-refractivity contribution < 1.29 is 0 Å². The number of nitrogens with zero attached hydrogens (tertiary/aromatic N) is 1. The zero-order chi connectivity index (χ0) is 14.7. The molecule has 2 heteroatoms. The van der Waals surface area contributed by atoms with Gasteiger partial charge in [-0.25, -0.2) is 0 Å². The molecule has 1 aromatic heterocycles. The van der Waals surface area contributed by atoms with Crippen LogP contribution in [0.5, 0.6) is 0 Å². The molecule has 3 rings (SSSR count). The minimum atomic E-state index is 0.878. The Hall–Kier alpha value is -2.19. The highest BCUT2D eigenvalue weighted by Crippen LogP contribution is 2.18. The molecule has 0 saturated carbocycles. The minimum Gasteiger partial charge on any atom is -0.316 e. The fourth-order valence-electron chi connectivity index (χ4n) is 2.68. The van der Waals surface area contributed by atoms with E-state index < -0.39 is 0 Å². The van der Waals surface area contributed by atoms with E-state index in [1.54, 1.807) is 0 Å². The van der Waals surface area contributed by atoms with E-state index in [0.717, 1.165) is 24.2 Å². The van der Waals surface area contributed by atoms with Gasteiger partial charge in [0, 0.05) is 24.0 Å². The maximum atomic E-state index is 4.78. The zero-order valence-corrected chi connectivity index (χ0v) is 12.6.